The van der Waals surface area contributed by atoms with Crippen molar-refractivity contribution >= 4 is 21.7 Å². The zero-order valence-corrected chi connectivity index (χ0v) is 15.8. The lowest BCUT2D eigenvalue weighted by molar-refractivity contribution is 0.0961. The second-order valence-electron chi connectivity index (χ2n) is 6.00. The molecule has 128 valence electrons. The van der Waals surface area contributed by atoms with Gasteiger partial charge in [0.25, 0.3) is 0 Å². The molecule has 0 aliphatic rings. The van der Waals surface area contributed by atoms with Crippen molar-refractivity contribution in [2.45, 2.75) is 32.7 Å². The molecule has 3 rings (SSSR count). The third-order valence-electron chi connectivity index (χ3n) is 4.25. The third kappa shape index (κ3) is 4.20. The molecule has 5 nitrogen and oxygen atoms in total. The monoisotopic (exact) mass is 398 g/mol. The molecule has 0 aliphatic heterocycles. The standard InChI is InChI=1S/C19H19BrN4O/c1-3-13(2)14-4-6-15(7-5-14)18(25)12-24-22-19(21-23-24)16-8-10-17(20)11-9-16/h4-11,13H,3,12H2,1-2H3/t13-/m0/s1. The van der Waals surface area contributed by atoms with Gasteiger partial charge in [0.05, 0.1) is 0 Å². The van der Waals surface area contributed by atoms with Crippen LogP contribution in [0.3, 0.4) is 0 Å². The van der Waals surface area contributed by atoms with Gasteiger partial charge >= 0.3 is 0 Å². The van der Waals surface area contributed by atoms with Gasteiger partial charge in [0.1, 0.15) is 6.54 Å². The Bertz CT molecular complexity index is 856. The molecule has 0 saturated carbocycles. The summed E-state index contributed by atoms with van der Waals surface area (Å²) in [4.78, 5) is 13.8. The third-order valence-corrected chi connectivity index (χ3v) is 4.78. The van der Waals surface area contributed by atoms with Crippen LogP contribution in [-0.4, -0.2) is 26.0 Å². The van der Waals surface area contributed by atoms with E-state index in [1.54, 1.807) is 0 Å². The lowest BCUT2D eigenvalue weighted by Crippen LogP contribution is -2.13. The normalized spacial score (nSPS) is 12.1. The average Bonchev–Trinajstić information content (AvgIpc) is 3.10. The van der Waals surface area contributed by atoms with E-state index in [-0.39, 0.29) is 12.3 Å². The predicted octanol–water partition coefficient (Wildman–Crippen LogP) is 4.50. The molecule has 0 fully saturated rings. The Morgan fingerprint density at radius 1 is 1.12 bits per heavy atom. The highest BCUT2D eigenvalue weighted by atomic mass is 79.9. The first-order valence-electron chi connectivity index (χ1n) is 8.23. The maximum atomic E-state index is 12.4. The van der Waals surface area contributed by atoms with E-state index in [0.717, 1.165) is 16.5 Å². The summed E-state index contributed by atoms with van der Waals surface area (Å²) >= 11 is 3.39. The zero-order valence-electron chi connectivity index (χ0n) is 14.2. The maximum Gasteiger partial charge on any atom is 0.204 e. The van der Waals surface area contributed by atoms with E-state index in [1.807, 2.05) is 48.5 Å². The number of tetrazole rings is 1. The molecular formula is C19H19BrN4O. The minimum atomic E-state index is -0.0320. The number of aromatic nitrogens is 4. The number of benzene rings is 2. The van der Waals surface area contributed by atoms with Crippen LogP contribution in [0.15, 0.2) is 53.0 Å². The minimum Gasteiger partial charge on any atom is -0.292 e. The van der Waals surface area contributed by atoms with Crippen LogP contribution in [0.5, 0.6) is 0 Å². The number of carbonyl (C=O) groups is 1. The van der Waals surface area contributed by atoms with Gasteiger partial charge in [-0.2, -0.15) is 4.80 Å². The van der Waals surface area contributed by atoms with Gasteiger partial charge in [-0.3, -0.25) is 4.79 Å². The highest BCUT2D eigenvalue weighted by Crippen LogP contribution is 2.19. The molecule has 6 heteroatoms. The molecule has 0 bridgehead atoms. The van der Waals surface area contributed by atoms with Crippen molar-refractivity contribution in [1.29, 1.82) is 0 Å². The summed E-state index contributed by atoms with van der Waals surface area (Å²) in [6.07, 6.45) is 1.08. The lowest BCUT2D eigenvalue weighted by atomic mass is 9.97. The van der Waals surface area contributed by atoms with Gasteiger partial charge in [0, 0.05) is 15.6 Å². The van der Waals surface area contributed by atoms with Gasteiger partial charge in [-0.1, -0.05) is 54.0 Å². The van der Waals surface area contributed by atoms with Crippen molar-refractivity contribution in [2.24, 2.45) is 0 Å². The molecule has 0 aliphatic carbocycles. The molecule has 0 saturated heterocycles. The largest absolute Gasteiger partial charge is 0.292 e. The van der Waals surface area contributed by atoms with Gasteiger partial charge in [-0.05, 0) is 47.4 Å². The molecule has 0 N–H and O–H groups in total. The van der Waals surface area contributed by atoms with Crippen LogP contribution >= 0.6 is 15.9 Å². The van der Waals surface area contributed by atoms with E-state index in [4.69, 9.17) is 0 Å². The van der Waals surface area contributed by atoms with Crippen molar-refractivity contribution in [3.63, 3.8) is 0 Å². The average molecular weight is 399 g/mol. The first-order chi connectivity index (χ1) is 12.1. The van der Waals surface area contributed by atoms with Crippen molar-refractivity contribution < 1.29 is 4.79 Å². The number of nitrogens with zero attached hydrogens (tertiary/aromatic N) is 4. The molecule has 0 amide bonds. The Balaban J connectivity index is 1.70. The zero-order chi connectivity index (χ0) is 17.8. The maximum absolute atomic E-state index is 12.4. The summed E-state index contributed by atoms with van der Waals surface area (Å²) in [6, 6.07) is 15.4. The molecule has 0 unspecified atom stereocenters. The van der Waals surface area contributed by atoms with Crippen LogP contribution in [0.2, 0.25) is 0 Å². The molecule has 0 spiro atoms. The van der Waals surface area contributed by atoms with E-state index in [0.29, 0.717) is 17.3 Å². The molecule has 2 aromatic carbocycles. The Morgan fingerprint density at radius 2 is 1.80 bits per heavy atom. The van der Waals surface area contributed by atoms with Crippen LogP contribution < -0.4 is 0 Å². The summed E-state index contributed by atoms with van der Waals surface area (Å²) in [6.45, 7) is 4.41. The SMILES string of the molecule is CC[C@H](C)c1ccc(C(=O)Cn2nnc(-c3ccc(Br)cc3)n2)cc1. The van der Waals surface area contributed by atoms with Crippen LogP contribution in [-0.2, 0) is 6.54 Å². The molecule has 1 aromatic heterocycles. The first-order valence-corrected chi connectivity index (χ1v) is 9.03. The number of halogens is 1. The van der Waals surface area contributed by atoms with Gasteiger partial charge in [0.15, 0.2) is 5.78 Å². The topological polar surface area (TPSA) is 60.7 Å². The van der Waals surface area contributed by atoms with Gasteiger partial charge in [0.2, 0.25) is 5.82 Å². The second kappa shape index (κ2) is 7.70. The number of Topliss-reactive ketones (excluding diaryl/α,β-unsaturated/α-hetero) is 1. The van der Waals surface area contributed by atoms with Crippen molar-refractivity contribution in [3.05, 3.63) is 64.1 Å². The molecule has 0 radical (unpaired) electrons. The van der Waals surface area contributed by atoms with E-state index < -0.39 is 0 Å². The molecule has 3 aromatic rings. The summed E-state index contributed by atoms with van der Waals surface area (Å²) in [5.41, 5.74) is 2.77. The van der Waals surface area contributed by atoms with E-state index in [1.165, 1.54) is 10.4 Å². The fourth-order valence-corrected chi connectivity index (χ4v) is 2.74. The van der Waals surface area contributed by atoms with Crippen LogP contribution in [0.4, 0.5) is 0 Å². The Hall–Kier alpha value is -2.34. The highest BCUT2D eigenvalue weighted by molar-refractivity contribution is 9.10. The fraction of sp³-hybridized carbons (Fsp3) is 0.263. The highest BCUT2D eigenvalue weighted by Gasteiger charge is 2.12. The van der Waals surface area contributed by atoms with Crippen LogP contribution in [0.25, 0.3) is 11.4 Å². The van der Waals surface area contributed by atoms with Crippen molar-refractivity contribution in [2.75, 3.05) is 0 Å². The Labute approximate surface area is 155 Å². The fourth-order valence-electron chi connectivity index (χ4n) is 2.48. The van der Waals surface area contributed by atoms with Gasteiger partial charge < -0.3 is 0 Å². The van der Waals surface area contributed by atoms with Gasteiger partial charge in [-0.15, -0.1) is 10.2 Å². The lowest BCUT2D eigenvalue weighted by Gasteiger charge is -2.09. The number of carbonyl (C=O) groups excluding carboxylic acids is 1. The number of hydrogen-bond acceptors (Lipinski definition) is 4. The number of ketones is 1. The minimum absolute atomic E-state index is 0.0320. The summed E-state index contributed by atoms with van der Waals surface area (Å²) in [5.74, 6) is 0.970. The number of hydrogen-bond donors (Lipinski definition) is 0. The van der Waals surface area contributed by atoms with Crippen molar-refractivity contribution in [1.82, 2.24) is 20.2 Å². The van der Waals surface area contributed by atoms with E-state index in [2.05, 4.69) is 45.2 Å². The van der Waals surface area contributed by atoms with Gasteiger partial charge in [-0.25, -0.2) is 0 Å². The summed E-state index contributed by atoms with van der Waals surface area (Å²) in [7, 11) is 0. The molecule has 25 heavy (non-hydrogen) atoms. The predicted molar refractivity (Wildman–Crippen MR) is 100 cm³/mol. The Morgan fingerprint density at radius 3 is 2.44 bits per heavy atom. The second-order valence-corrected chi connectivity index (χ2v) is 6.92. The van der Waals surface area contributed by atoms with Crippen molar-refractivity contribution in [3.8, 4) is 11.4 Å². The van der Waals surface area contributed by atoms with E-state index >= 15 is 0 Å². The van der Waals surface area contributed by atoms with Crippen LogP contribution in [0.1, 0.15) is 42.1 Å². The van der Waals surface area contributed by atoms with E-state index in [9.17, 15) is 4.79 Å². The Kier molecular flexibility index (Phi) is 5.38. The first kappa shape index (κ1) is 17.5. The molecule has 1 heterocycles. The number of rotatable bonds is 6. The molecular weight excluding hydrogens is 380 g/mol. The smallest absolute Gasteiger partial charge is 0.204 e. The quantitative estimate of drug-likeness (QED) is 0.573. The summed E-state index contributed by atoms with van der Waals surface area (Å²) in [5, 5.41) is 12.3. The van der Waals surface area contributed by atoms with Crippen LogP contribution in [0, 0.1) is 0 Å². The summed E-state index contributed by atoms with van der Waals surface area (Å²) < 4.78 is 0.986. The molecule has 1 atom stereocenters.